The Morgan fingerprint density at radius 1 is 1.37 bits per heavy atom. The van der Waals surface area contributed by atoms with Gasteiger partial charge in [-0.1, -0.05) is 23.9 Å². The van der Waals surface area contributed by atoms with E-state index in [0.29, 0.717) is 18.8 Å². The summed E-state index contributed by atoms with van der Waals surface area (Å²) in [5.41, 5.74) is 1.94. The molecule has 1 aromatic carbocycles. The number of carboxylic acids is 1. The highest BCUT2D eigenvalue weighted by atomic mass is 32.2. The molecular formula is C20H18N2O3S2. The molecule has 4 rings (SSSR count). The van der Waals surface area contributed by atoms with Gasteiger partial charge >= 0.3 is 5.97 Å². The minimum absolute atomic E-state index is 0.236. The molecule has 27 heavy (non-hydrogen) atoms. The monoisotopic (exact) mass is 398 g/mol. The van der Waals surface area contributed by atoms with Crippen molar-refractivity contribution in [2.75, 3.05) is 18.5 Å². The number of nitrogens with zero attached hydrogens (tertiary/aromatic N) is 1. The van der Waals surface area contributed by atoms with Crippen LogP contribution in [0.3, 0.4) is 0 Å². The molecular weight excluding hydrogens is 380 g/mol. The number of carboxylic acid groups (broad SMARTS) is 1. The molecule has 1 unspecified atom stereocenters. The first-order valence-corrected chi connectivity index (χ1v) is 10.3. The number of hydrogen-bond acceptors (Lipinski definition) is 6. The molecule has 1 atom stereocenters. The number of ether oxygens (including phenoxy) is 1. The molecule has 1 aliphatic heterocycles. The van der Waals surface area contributed by atoms with Crippen LogP contribution in [0.4, 0.5) is 5.69 Å². The summed E-state index contributed by atoms with van der Waals surface area (Å²) in [6.45, 7) is 1.30. The van der Waals surface area contributed by atoms with Gasteiger partial charge in [-0.15, -0.1) is 11.3 Å². The first-order valence-electron chi connectivity index (χ1n) is 8.60. The molecule has 0 amide bonds. The van der Waals surface area contributed by atoms with Gasteiger partial charge in [0.1, 0.15) is 5.75 Å². The van der Waals surface area contributed by atoms with Gasteiger partial charge in [0.2, 0.25) is 0 Å². The number of rotatable bonds is 6. The highest BCUT2D eigenvalue weighted by molar-refractivity contribution is 8.01. The van der Waals surface area contributed by atoms with Gasteiger partial charge in [0.25, 0.3) is 0 Å². The summed E-state index contributed by atoms with van der Waals surface area (Å²) in [5, 5.41) is 14.6. The number of carbonyl (C=O) groups is 1. The highest BCUT2D eigenvalue weighted by Gasteiger charge is 2.22. The minimum Gasteiger partial charge on any atom is -0.493 e. The van der Waals surface area contributed by atoms with Gasteiger partial charge in [0.15, 0.2) is 0 Å². The Hall–Kier alpha value is -2.51. The third-order valence-corrected chi connectivity index (χ3v) is 6.48. The molecule has 3 aromatic rings. The number of pyridine rings is 1. The number of anilines is 1. The number of nitrogens with one attached hydrogen (secondary N) is 1. The fraction of sp³-hybridized carbons (Fsp3) is 0.200. The number of benzene rings is 1. The van der Waals surface area contributed by atoms with Gasteiger partial charge in [-0.05, 0) is 41.6 Å². The van der Waals surface area contributed by atoms with Gasteiger partial charge < -0.3 is 15.2 Å². The number of aromatic nitrogens is 1. The van der Waals surface area contributed by atoms with Crippen molar-refractivity contribution in [3.8, 4) is 5.75 Å². The van der Waals surface area contributed by atoms with Crippen molar-refractivity contribution in [2.24, 2.45) is 0 Å². The standard InChI is InChI=1S/C20H18N2O3S2/c23-20(24)16-5-7-21-12-17(16)22-11-13-6-8-25-18-10-14(3-4-15(13)18)27-19-2-1-9-26-19/h1-5,7,9-10,12-13,22H,6,8,11H2,(H,23,24). The molecule has 0 saturated carbocycles. The molecule has 2 aromatic heterocycles. The van der Waals surface area contributed by atoms with Crippen LogP contribution in [0.2, 0.25) is 0 Å². The maximum Gasteiger partial charge on any atom is 0.337 e. The lowest BCUT2D eigenvalue weighted by Gasteiger charge is -2.27. The molecule has 0 spiro atoms. The van der Waals surface area contributed by atoms with Crippen molar-refractivity contribution in [1.82, 2.24) is 4.98 Å². The summed E-state index contributed by atoms with van der Waals surface area (Å²) in [5.74, 6) is 0.221. The maximum absolute atomic E-state index is 11.3. The molecule has 7 heteroatoms. The zero-order chi connectivity index (χ0) is 18.6. The first kappa shape index (κ1) is 17.9. The molecule has 1 aliphatic rings. The first-order chi connectivity index (χ1) is 13.2. The van der Waals surface area contributed by atoms with Crippen LogP contribution in [0.25, 0.3) is 0 Å². The number of fused-ring (bicyclic) bond motifs is 1. The van der Waals surface area contributed by atoms with Crippen LogP contribution < -0.4 is 10.1 Å². The van der Waals surface area contributed by atoms with Gasteiger partial charge in [-0.25, -0.2) is 4.79 Å². The second-order valence-corrected chi connectivity index (χ2v) is 8.50. The maximum atomic E-state index is 11.3. The third kappa shape index (κ3) is 4.09. The Morgan fingerprint density at radius 3 is 3.11 bits per heavy atom. The van der Waals surface area contributed by atoms with Gasteiger partial charge in [0, 0.05) is 23.6 Å². The molecule has 2 N–H and O–H groups in total. The van der Waals surface area contributed by atoms with Crippen molar-refractivity contribution in [3.05, 3.63) is 65.3 Å². The summed E-state index contributed by atoms with van der Waals surface area (Å²) in [6, 6.07) is 12.0. The van der Waals surface area contributed by atoms with Crippen LogP contribution in [-0.4, -0.2) is 29.2 Å². The lowest BCUT2D eigenvalue weighted by molar-refractivity contribution is 0.0697. The van der Waals surface area contributed by atoms with E-state index in [1.807, 2.05) is 6.07 Å². The zero-order valence-corrected chi connectivity index (χ0v) is 16.1. The number of aromatic carboxylic acids is 1. The third-order valence-electron chi connectivity index (χ3n) is 4.45. The van der Waals surface area contributed by atoms with Crippen LogP contribution in [-0.2, 0) is 0 Å². The van der Waals surface area contributed by atoms with Crippen molar-refractivity contribution < 1.29 is 14.6 Å². The van der Waals surface area contributed by atoms with Crippen molar-refractivity contribution in [1.29, 1.82) is 0 Å². The van der Waals surface area contributed by atoms with Crippen LogP contribution in [0, 0.1) is 0 Å². The Labute approximate surface area is 165 Å². The van der Waals surface area contributed by atoms with E-state index in [-0.39, 0.29) is 11.5 Å². The smallest absolute Gasteiger partial charge is 0.337 e. The predicted molar refractivity (Wildman–Crippen MR) is 107 cm³/mol. The molecule has 5 nitrogen and oxygen atoms in total. The molecule has 0 radical (unpaired) electrons. The molecule has 138 valence electrons. The average Bonchev–Trinajstić information content (AvgIpc) is 3.19. The summed E-state index contributed by atoms with van der Waals surface area (Å²) in [6.07, 6.45) is 3.94. The summed E-state index contributed by atoms with van der Waals surface area (Å²) in [7, 11) is 0. The Kier molecular flexibility index (Phi) is 5.31. The fourth-order valence-electron chi connectivity index (χ4n) is 3.11. The largest absolute Gasteiger partial charge is 0.493 e. The van der Waals surface area contributed by atoms with E-state index in [0.717, 1.165) is 22.6 Å². The molecule has 3 heterocycles. The second-order valence-electron chi connectivity index (χ2n) is 6.18. The molecule has 0 saturated heterocycles. The van der Waals surface area contributed by atoms with Crippen molar-refractivity contribution in [3.63, 3.8) is 0 Å². The minimum atomic E-state index is -0.956. The fourth-order valence-corrected chi connectivity index (χ4v) is 4.89. The summed E-state index contributed by atoms with van der Waals surface area (Å²) < 4.78 is 7.13. The number of hydrogen-bond donors (Lipinski definition) is 2. The van der Waals surface area contributed by atoms with Crippen LogP contribution in [0.5, 0.6) is 5.75 Å². The van der Waals surface area contributed by atoms with Gasteiger partial charge in [-0.2, -0.15) is 0 Å². The van der Waals surface area contributed by atoms with E-state index in [2.05, 4.69) is 39.9 Å². The topological polar surface area (TPSA) is 71.5 Å². The predicted octanol–water partition coefficient (Wildman–Crippen LogP) is 4.97. The van der Waals surface area contributed by atoms with Crippen LogP contribution in [0.15, 0.2) is 63.3 Å². The number of thiophene rings is 1. The summed E-state index contributed by atoms with van der Waals surface area (Å²) in [4.78, 5) is 16.5. The molecule has 0 fully saturated rings. The Bertz CT molecular complexity index is 944. The summed E-state index contributed by atoms with van der Waals surface area (Å²) >= 11 is 3.46. The van der Waals surface area contributed by atoms with E-state index in [1.54, 1.807) is 29.3 Å². The van der Waals surface area contributed by atoms with E-state index >= 15 is 0 Å². The van der Waals surface area contributed by atoms with E-state index in [9.17, 15) is 9.90 Å². The molecule has 0 bridgehead atoms. The lowest BCUT2D eigenvalue weighted by Crippen LogP contribution is -2.21. The normalized spacial score (nSPS) is 15.6. The molecule has 0 aliphatic carbocycles. The zero-order valence-electron chi connectivity index (χ0n) is 14.4. The Balaban J connectivity index is 1.49. The van der Waals surface area contributed by atoms with E-state index in [1.165, 1.54) is 16.5 Å². The quantitative estimate of drug-likeness (QED) is 0.611. The van der Waals surface area contributed by atoms with Crippen molar-refractivity contribution in [2.45, 2.75) is 21.4 Å². The average molecular weight is 399 g/mol. The second kappa shape index (κ2) is 8.02. The van der Waals surface area contributed by atoms with E-state index in [4.69, 9.17) is 4.74 Å². The van der Waals surface area contributed by atoms with Gasteiger partial charge in [0.05, 0.1) is 28.3 Å². The lowest BCUT2D eigenvalue weighted by atomic mass is 9.93. The van der Waals surface area contributed by atoms with Gasteiger partial charge in [-0.3, -0.25) is 4.98 Å². The van der Waals surface area contributed by atoms with Crippen LogP contribution >= 0.6 is 23.1 Å². The van der Waals surface area contributed by atoms with Crippen LogP contribution in [0.1, 0.15) is 28.3 Å². The SMILES string of the molecule is O=C(O)c1ccncc1NCC1CCOc2cc(Sc3cccs3)ccc21. The van der Waals surface area contributed by atoms with E-state index < -0.39 is 5.97 Å². The highest BCUT2D eigenvalue weighted by Crippen LogP contribution is 2.39. The van der Waals surface area contributed by atoms with Crippen molar-refractivity contribution >= 4 is 34.8 Å². The Morgan fingerprint density at radius 2 is 2.30 bits per heavy atom.